The van der Waals surface area contributed by atoms with E-state index in [1.807, 2.05) is 6.92 Å². The van der Waals surface area contributed by atoms with E-state index in [-0.39, 0.29) is 16.1 Å². The average Bonchev–Trinajstić information content (AvgIpc) is 2.26. The van der Waals surface area contributed by atoms with Crippen molar-refractivity contribution in [1.82, 2.24) is 0 Å². The maximum atomic E-state index is 11.3. The Bertz CT molecular complexity index is 214. The van der Waals surface area contributed by atoms with E-state index in [2.05, 4.69) is 6.92 Å². The summed E-state index contributed by atoms with van der Waals surface area (Å²) < 4.78 is 0. The summed E-state index contributed by atoms with van der Waals surface area (Å²) in [5.74, 6) is 0.141. The van der Waals surface area contributed by atoms with E-state index in [0.29, 0.717) is 6.42 Å². The highest BCUT2D eigenvalue weighted by molar-refractivity contribution is 8.14. The molecule has 3 heteroatoms. The molecule has 0 N–H and O–H groups in total. The molecule has 0 fully saturated rings. The van der Waals surface area contributed by atoms with Gasteiger partial charge >= 0.3 is 0 Å². The van der Waals surface area contributed by atoms with Crippen molar-refractivity contribution in [2.75, 3.05) is 0 Å². The number of hydrogen-bond acceptors (Lipinski definition) is 3. The first kappa shape index (κ1) is 15.7. The Labute approximate surface area is 104 Å². The molecule has 0 aliphatic rings. The first-order valence-corrected chi connectivity index (χ1v) is 7.19. The van der Waals surface area contributed by atoms with Gasteiger partial charge in [-0.05, 0) is 13.3 Å². The highest BCUT2D eigenvalue weighted by Gasteiger charge is 2.17. The van der Waals surface area contributed by atoms with Crippen LogP contribution >= 0.6 is 11.8 Å². The first-order valence-electron chi connectivity index (χ1n) is 6.31. The summed E-state index contributed by atoms with van der Waals surface area (Å²) >= 11 is 1.23. The molecule has 0 aromatic heterocycles. The van der Waals surface area contributed by atoms with Crippen LogP contribution in [0.4, 0.5) is 0 Å². The number of ketones is 1. The van der Waals surface area contributed by atoms with E-state index < -0.39 is 0 Å². The van der Waals surface area contributed by atoms with Crippen LogP contribution in [-0.2, 0) is 9.59 Å². The molecule has 1 unspecified atom stereocenters. The monoisotopic (exact) mass is 244 g/mol. The molecule has 0 saturated heterocycles. The van der Waals surface area contributed by atoms with Crippen molar-refractivity contribution in [1.29, 1.82) is 0 Å². The van der Waals surface area contributed by atoms with Crippen LogP contribution in [0.1, 0.15) is 65.7 Å². The summed E-state index contributed by atoms with van der Waals surface area (Å²) in [4.78, 5) is 22.6. The molecule has 0 aliphatic heterocycles. The Morgan fingerprint density at radius 1 is 1.06 bits per heavy atom. The Kier molecular flexibility index (Phi) is 9.69. The van der Waals surface area contributed by atoms with Crippen molar-refractivity contribution in [2.24, 2.45) is 0 Å². The van der Waals surface area contributed by atoms with E-state index in [4.69, 9.17) is 0 Å². The zero-order valence-corrected chi connectivity index (χ0v) is 11.6. The second-order valence-electron chi connectivity index (χ2n) is 4.15. The quantitative estimate of drug-likeness (QED) is 0.575. The Morgan fingerprint density at radius 3 is 2.19 bits per heavy atom. The highest BCUT2D eigenvalue weighted by atomic mass is 32.2. The van der Waals surface area contributed by atoms with Gasteiger partial charge in [-0.15, -0.1) is 0 Å². The van der Waals surface area contributed by atoms with Gasteiger partial charge in [0, 0.05) is 6.42 Å². The maximum Gasteiger partial charge on any atom is 0.189 e. The smallest absolute Gasteiger partial charge is 0.189 e. The third-order valence-corrected chi connectivity index (χ3v) is 3.99. The average molecular weight is 244 g/mol. The van der Waals surface area contributed by atoms with Crippen LogP contribution in [-0.4, -0.2) is 16.1 Å². The van der Waals surface area contributed by atoms with Gasteiger partial charge in [0.25, 0.3) is 0 Å². The van der Waals surface area contributed by atoms with Crippen LogP contribution in [0.3, 0.4) is 0 Å². The topological polar surface area (TPSA) is 34.1 Å². The fraction of sp³-hybridized carbons (Fsp3) is 0.846. The molecule has 16 heavy (non-hydrogen) atoms. The maximum absolute atomic E-state index is 11.3. The number of carbonyl (C=O) groups is 2. The summed E-state index contributed by atoms with van der Waals surface area (Å²) in [7, 11) is 0. The van der Waals surface area contributed by atoms with Gasteiger partial charge in [-0.25, -0.2) is 0 Å². The summed E-state index contributed by atoms with van der Waals surface area (Å²) in [6, 6.07) is 0. The summed E-state index contributed by atoms with van der Waals surface area (Å²) in [5.41, 5.74) is 0. The molecule has 0 rings (SSSR count). The predicted molar refractivity (Wildman–Crippen MR) is 70.7 cm³/mol. The first-order chi connectivity index (χ1) is 7.61. The number of carbonyl (C=O) groups excluding carboxylic acids is 2. The zero-order chi connectivity index (χ0) is 12.4. The largest absolute Gasteiger partial charge is 0.299 e. The Morgan fingerprint density at radius 2 is 1.69 bits per heavy atom. The Balaban J connectivity index is 3.77. The van der Waals surface area contributed by atoms with Gasteiger partial charge in [0.2, 0.25) is 0 Å². The van der Waals surface area contributed by atoms with Gasteiger partial charge < -0.3 is 0 Å². The van der Waals surface area contributed by atoms with E-state index in [1.54, 1.807) is 6.92 Å². The lowest BCUT2D eigenvalue weighted by atomic mass is 10.1. The zero-order valence-electron chi connectivity index (χ0n) is 10.8. The Hall–Kier alpha value is -0.310. The van der Waals surface area contributed by atoms with Gasteiger partial charge in [-0.2, -0.15) is 0 Å². The van der Waals surface area contributed by atoms with Gasteiger partial charge in [-0.3, -0.25) is 9.59 Å². The molecule has 0 radical (unpaired) electrons. The van der Waals surface area contributed by atoms with Crippen molar-refractivity contribution in [3.05, 3.63) is 0 Å². The van der Waals surface area contributed by atoms with Crippen LogP contribution in [0.25, 0.3) is 0 Å². The fourth-order valence-electron chi connectivity index (χ4n) is 1.52. The number of unbranched alkanes of at least 4 members (excludes halogenated alkanes) is 4. The van der Waals surface area contributed by atoms with Crippen LogP contribution in [0.5, 0.6) is 0 Å². The molecular formula is C13H24O2S. The normalized spacial score (nSPS) is 12.4. The van der Waals surface area contributed by atoms with Gasteiger partial charge in [0.1, 0.15) is 5.78 Å². The lowest BCUT2D eigenvalue weighted by molar-refractivity contribution is -0.117. The molecule has 0 aromatic carbocycles. The molecule has 0 bridgehead atoms. The number of Topliss-reactive ketones (excluding diaryl/α,β-unsaturated/α-hetero) is 1. The minimum atomic E-state index is -0.103. The second kappa shape index (κ2) is 9.88. The van der Waals surface area contributed by atoms with Crippen LogP contribution in [0.2, 0.25) is 0 Å². The van der Waals surface area contributed by atoms with Gasteiger partial charge in [-0.1, -0.05) is 57.7 Å². The molecule has 0 amide bonds. The van der Waals surface area contributed by atoms with Crippen molar-refractivity contribution >= 4 is 22.7 Å². The van der Waals surface area contributed by atoms with Crippen LogP contribution < -0.4 is 0 Å². The molecule has 0 heterocycles. The molecule has 1 atom stereocenters. The minimum absolute atomic E-state index is 0.103. The summed E-state index contributed by atoms with van der Waals surface area (Å²) in [6.45, 7) is 5.62. The number of thioether (sulfide) groups is 1. The molecular weight excluding hydrogens is 220 g/mol. The third-order valence-electron chi connectivity index (χ3n) is 2.59. The summed E-state index contributed by atoms with van der Waals surface area (Å²) in [6.07, 6.45) is 7.37. The molecule has 0 spiro atoms. The molecule has 0 saturated carbocycles. The van der Waals surface area contributed by atoms with Crippen molar-refractivity contribution < 1.29 is 9.59 Å². The van der Waals surface area contributed by atoms with Gasteiger partial charge in [0.05, 0.1) is 5.25 Å². The van der Waals surface area contributed by atoms with E-state index >= 15 is 0 Å². The minimum Gasteiger partial charge on any atom is -0.299 e. The third kappa shape index (κ3) is 7.91. The SMILES string of the molecule is CCCCCCCC(SC(=O)CC)C(C)=O. The number of rotatable bonds is 9. The highest BCUT2D eigenvalue weighted by Crippen LogP contribution is 2.21. The van der Waals surface area contributed by atoms with E-state index in [9.17, 15) is 9.59 Å². The van der Waals surface area contributed by atoms with Gasteiger partial charge in [0.15, 0.2) is 5.12 Å². The van der Waals surface area contributed by atoms with E-state index in [0.717, 1.165) is 12.8 Å². The lowest BCUT2D eigenvalue weighted by Crippen LogP contribution is -2.15. The van der Waals surface area contributed by atoms with Crippen LogP contribution in [0.15, 0.2) is 0 Å². The fourth-order valence-corrected chi connectivity index (χ4v) is 2.45. The molecule has 0 aliphatic carbocycles. The molecule has 94 valence electrons. The van der Waals surface area contributed by atoms with Crippen LogP contribution in [0, 0.1) is 0 Å². The second-order valence-corrected chi connectivity index (χ2v) is 5.41. The van der Waals surface area contributed by atoms with Crippen molar-refractivity contribution in [3.63, 3.8) is 0 Å². The predicted octanol–water partition coefficient (Wildman–Crippen LogP) is 3.97. The van der Waals surface area contributed by atoms with Crippen molar-refractivity contribution in [2.45, 2.75) is 71.0 Å². The van der Waals surface area contributed by atoms with E-state index in [1.165, 1.54) is 37.4 Å². The molecule has 2 nitrogen and oxygen atoms in total. The van der Waals surface area contributed by atoms with Crippen molar-refractivity contribution in [3.8, 4) is 0 Å². The standard InChI is InChI=1S/C13H24O2S/c1-4-6-7-8-9-10-12(11(3)14)16-13(15)5-2/h12H,4-10H2,1-3H3. The molecule has 0 aromatic rings. The number of hydrogen-bond donors (Lipinski definition) is 0. The summed E-state index contributed by atoms with van der Waals surface area (Å²) in [5, 5.41) is 0.0304. The lowest BCUT2D eigenvalue weighted by Gasteiger charge is -2.11.